The van der Waals surface area contributed by atoms with E-state index in [1.165, 1.54) is 13.3 Å². The fourth-order valence-electron chi connectivity index (χ4n) is 2.62. The van der Waals surface area contributed by atoms with Crippen LogP contribution >= 0.6 is 11.6 Å². The maximum atomic E-state index is 12.2. The summed E-state index contributed by atoms with van der Waals surface area (Å²) in [6, 6.07) is 12.7. The molecule has 3 amide bonds. The van der Waals surface area contributed by atoms with Gasteiger partial charge in [0.05, 0.1) is 12.6 Å². The summed E-state index contributed by atoms with van der Waals surface area (Å²) in [5.74, 6) is -0.860. The van der Waals surface area contributed by atoms with Gasteiger partial charge in [-0.2, -0.15) is 5.10 Å². The van der Waals surface area contributed by atoms with E-state index in [-0.39, 0.29) is 24.2 Å². The molecule has 0 radical (unpaired) electrons. The number of nitrogens with one attached hydrogen (secondary N) is 4. The first-order chi connectivity index (χ1) is 14.5. The molecule has 0 saturated carbocycles. The number of amides is 3. The molecular formula is C20H19ClN6O3. The van der Waals surface area contributed by atoms with E-state index in [4.69, 9.17) is 11.6 Å². The number of nitrogens with zero attached hydrogens (tertiary/aromatic N) is 2. The maximum Gasteiger partial charge on any atom is 0.252 e. The molecule has 2 aromatic rings. The third kappa shape index (κ3) is 5.42. The second kappa shape index (κ2) is 9.66. The zero-order chi connectivity index (χ0) is 21.5. The van der Waals surface area contributed by atoms with E-state index in [0.717, 1.165) is 0 Å². The van der Waals surface area contributed by atoms with Crippen molar-refractivity contribution in [2.45, 2.75) is 12.5 Å². The number of aliphatic imine (C=N–C) groups is 1. The summed E-state index contributed by atoms with van der Waals surface area (Å²) in [5, 5.41) is 12.3. The fraction of sp³-hybridized carbons (Fsp3) is 0.150. The predicted octanol–water partition coefficient (Wildman–Crippen LogP) is 1.51. The molecule has 9 nitrogen and oxygen atoms in total. The Bertz CT molecular complexity index is 1020. The first-order valence-electron chi connectivity index (χ1n) is 9.00. The van der Waals surface area contributed by atoms with Gasteiger partial charge < -0.3 is 10.6 Å². The number of hydrogen-bond donors (Lipinski definition) is 4. The molecule has 0 fully saturated rings. The van der Waals surface area contributed by atoms with Gasteiger partial charge in [0, 0.05) is 28.9 Å². The van der Waals surface area contributed by atoms with Crippen LogP contribution in [0.2, 0.25) is 5.02 Å². The van der Waals surface area contributed by atoms with Gasteiger partial charge in [0.25, 0.3) is 11.8 Å². The van der Waals surface area contributed by atoms with E-state index in [1.807, 2.05) is 6.07 Å². The highest BCUT2D eigenvalue weighted by atomic mass is 35.5. The van der Waals surface area contributed by atoms with Crippen molar-refractivity contribution < 1.29 is 14.4 Å². The Balaban J connectivity index is 1.54. The van der Waals surface area contributed by atoms with Crippen LogP contribution in [0.4, 0.5) is 5.69 Å². The minimum atomic E-state index is -0.867. The number of benzene rings is 2. The molecule has 1 heterocycles. The number of carbonyl (C=O) groups excluding carboxylic acids is 3. The van der Waals surface area contributed by atoms with Crippen molar-refractivity contribution in [1.29, 1.82) is 0 Å². The Kier molecular flexibility index (Phi) is 6.76. The number of anilines is 1. The van der Waals surface area contributed by atoms with Crippen LogP contribution in [-0.4, -0.2) is 43.0 Å². The third-order valence-corrected chi connectivity index (χ3v) is 4.49. The molecule has 1 atom stereocenters. The van der Waals surface area contributed by atoms with Gasteiger partial charge >= 0.3 is 0 Å². The number of rotatable bonds is 6. The summed E-state index contributed by atoms with van der Waals surface area (Å²) in [7, 11) is 1.54. The van der Waals surface area contributed by atoms with Crippen LogP contribution < -0.4 is 21.4 Å². The highest BCUT2D eigenvalue weighted by Gasteiger charge is 2.28. The van der Waals surface area contributed by atoms with Gasteiger partial charge in [-0.25, -0.2) is 10.4 Å². The summed E-state index contributed by atoms with van der Waals surface area (Å²) in [6.45, 7) is 0. The summed E-state index contributed by atoms with van der Waals surface area (Å²) < 4.78 is 0. The van der Waals surface area contributed by atoms with Gasteiger partial charge in [-0.3, -0.25) is 19.7 Å². The van der Waals surface area contributed by atoms with Crippen LogP contribution in [0.3, 0.4) is 0 Å². The molecule has 30 heavy (non-hydrogen) atoms. The van der Waals surface area contributed by atoms with Crippen LogP contribution in [0.15, 0.2) is 58.6 Å². The molecule has 154 valence electrons. The van der Waals surface area contributed by atoms with Crippen molar-refractivity contribution in [3.8, 4) is 0 Å². The second-order valence-electron chi connectivity index (χ2n) is 6.28. The number of hydrogen-bond acceptors (Lipinski definition) is 6. The van der Waals surface area contributed by atoms with Gasteiger partial charge in [0.15, 0.2) is 0 Å². The molecule has 0 aromatic heterocycles. The van der Waals surface area contributed by atoms with E-state index in [1.54, 1.807) is 42.5 Å². The average molecular weight is 427 g/mol. The Morgan fingerprint density at radius 1 is 1.20 bits per heavy atom. The summed E-state index contributed by atoms with van der Waals surface area (Å²) in [6.07, 6.45) is 1.36. The fourth-order valence-corrected chi connectivity index (χ4v) is 2.81. The molecular weight excluding hydrogens is 408 g/mol. The monoisotopic (exact) mass is 426 g/mol. The number of halogens is 1. The smallest absolute Gasteiger partial charge is 0.252 e. The lowest BCUT2D eigenvalue weighted by atomic mass is 10.1. The van der Waals surface area contributed by atoms with E-state index < -0.39 is 11.9 Å². The second-order valence-corrected chi connectivity index (χ2v) is 6.69. The van der Waals surface area contributed by atoms with Crippen LogP contribution in [0.25, 0.3) is 0 Å². The van der Waals surface area contributed by atoms with E-state index in [0.29, 0.717) is 21.8 Å². The number of guanidine groups is 1. The quantitative estimate of drug-likeness (QED) is 0.412. The molecule has 0 spiro atoms. The number of carbonyl (C=O) groups is 3. The van der Waals surface area contributed by atoms with Gasteiger partial charge in [-0.1, -0.05) is 29.8 Å². The molecule has 0 saturated heterocycles. The molecule has 3 rings (SSSR count). The van der Waals surface area contributed by atoms with Gasteiger partial charge in [-0.15, -0.1) is 0 Å². The minimum Gasteiger partial charge on any atom is -0.355 e. The molecule has 1 aliphatic rings. The molecule has 4 N–H and O–H groups in total. The summed E-state index contributed by atoms with van der Waals surface area (Å²) in [5.41, 5.74) is 4.31. The predicted molar refractivity (Wildman–Crippen MR) is 115 cm³/mol. The molecule has 0 unspecified atom stereocenters. The standard InChI is InChI=1S/C20H19ClN6O3/c1-22-18(29)12-6-8-14(9-7-12)24-17(28)10-16-19(30)26-20(25-16)27-23-11-13-4-2-3-5-15(13)21/h2-9,11,16H,10H2,1H3,(H,22,29)(H,24,28)(H2,25,26,27,30)/b23-11-/t16-/m0/s1. The molecule has 0 bridgehead atoms. The first-order valence-corrected chi connectivity index (χ1v) is 9.38. The zero-order valence-electron chi connectivity index (χ0n) is 16.0. The molecule has 0 aliphatic carbocycles. The highest BCUT2D eigenvalue weighted by Crippen LogP contribution is 2.13. The highest BCUT2D eigenvalue weighted by molar-refractivity contribution is 6.33. The molecule has 1 aliphatic heterocycles. The van der Waals surface area contributed by atoms with Gasteiger partial charge in [0.1, 0.15) is 6.04 Å². The first kappa shape index (κ1) is 21.0. The topological polar surface area (TPSA) is 124 Å². The van der Waals surface area contributed by atoms with Crippen LogP contribution in [-0.2, 0) is 9.59 Å². The van der Waals surface area contributed by atoms with E-state index >= 15 is 0 Å². The lowest BCUT2D eigenvalue weighted by Gasteiger charge is -2.07. The Morgan fingerprint density at radius 3 is 2.63 bits per heavy atom. The molecule has 10 heteroatoms. The van der Waals surface area contributed by atoms with Crippen molar-refractivity contribution in [1.82, 2.24) is 16.1 Å². The number of hydrazone groups is 1. The minimum absolute atomic E-state index is 0.136. The Hall–Kier alpha value is -3.72. The SMILES string of the molecule is CNC(=O)c1ccc(NC(=O)C[C@@H]2N=C(N/N=C\c3ccccc3Cl)NC2=O)cc1. The van der Waals surface area contributed by atoms with Crippen molar-refractivity contribution in [2.75, 3.05) is 12.4 Å². The van der Waals surface area contributed by atoms with Crippen molar-refractivity contribution in [3.05, 3.63) is 64.7 Å². The van der Waals surface area contributed by atoms with Gasteiger partial charge in [0.2, 0.25) is 11.9 Å². The van der Waals surface area contributed by atoms with Crippen molar-refractivity contribution in [2.24, 2.45) is 10.1 Å². The van der Waals surface area contributed by atoms with Crippen LogP contribution in [0.1, 0.15) is 22.3 Å². The van der Waals surface area contributed by atoms with E-state index in [9.17, 15) is 14.4 Å². The largest absolute Gasteiger partial charge is 0.355 e. The van der Waals surface area contributed by atoms with Crippen molar-refractivity contribution >= 4 is 47.2 Å². The van der Waals surface area contributed by atoms with E-state index in [2.05, 4.69) is 31.5 Å². The normalized spacial score (nSPS) is 15.5. The summed E-state index contributed by atoms with van der Waals surface area (Å²) >= 11 is 6.04. The average Bonchev–Trinajstić information content (AvgIpc) is 3.08. The molecule has 2 aromatic carbocycles. The third-order valence-electron chi connectivity index (χ3n) is 4.15. The zero-order valence-corrected chi connectivity index (χ0v) is 16.7. The van der Waals surface area contributed by atoms with Gasteiger partial charge in [-0.05, 0) is 30.3 Å². The van der Waals surface area contributed by atoms with Crippen LogP contribution in [0.5, 0.6) is 0 Å². The maximum absolute atomic E-state index is 12.2. The van der Waals surface area contributed by atoms with Crippen molar-refractivity contribution in [3.63, 3.8) is 0 Å². The van der Waals surface area contributed by atoms with Crippen LogP contribution in [0, 0.1) is 0 Å². The summed E-state index contributed by atoms with van der Waals surface area (Å²) in [4.78, 5) is 40.0. The Labute approximate surface area is 177 Å². The lowest BCUT2D eigenvalue weighted by Crippen LogP contribution is -2.35. The Morgan fingerprint density at radius 2 is 1.93 bits per heavy atom. The lowest BCUT2D eigenvalue weighted by molar-refractivity contribution is -0.123.